The van der Waals surface area contributed by atoms with Gasteiger partial charge >= 0.3 is 0 Å². The molecule has 1 aromatic rings. The minimum Gasteiger partial charge on any atom is -0.282 e. The zero-order valence-electron chi connectivity index (χ0n) is 7.57. The van der Waals surface area contributed by atoms with Crippen molar-refractivity contribution < 1.29 is 9.59 Å². The lowest BCUT2D eigenvalue weighted by atomic mass is 10.2. The van der Waals surface area contributed by atoms with Gasteiger partial charge in [0, 0.05) is 5.56 Å². The molecule has 0 saturated carbocycles. The second-order valence-electron chi connectivity index (χ2n) is 2.72. The first-order valence-electron chi connectivity index (χ1n) is 4.06. The molecule has 0 saturated heterocycles. The zero-order chi connectivity index (χ0) is 10.6. The fraction of sp³-hybridized carbons (Fsp3) is 0.200. The minimum atomic E-state index is -0.501. The van der Waals surface area contributed by atoms with Crippen LogP contribution in [0.25, 0.3) is 0 Å². The molecule has 0 radical (unpaired) electrons. The molecule has 0 aliphatic carbocycles. The summed E-state index contributed by atoms with van der Waals surface area (Å²) in [6, 6.07) is 8.81. The van der Waals surface area contributed by atoms with Gasteiger partial charge in [0.1, 0.15) is 0 Å². The lowest BCUT2D eigenvalue weighted by molar-refractivity contribution is -0.111. The molecule has 0 bridgehead atoms. The standard InChI is InChI=1S/C10H9ClO2S/c1-7(9(11)12)14-10(13)8-5-3-2-4-6-8/h2-7H,1H3. The van der Waals surface area contributed by atoms with Gasteiger partial charge in [-0.05, 0) is 18.5 Å². The molecule has 1 rings (SSSR count). The van der Waals surface area contributed by atoms with E-state index in [4.69, 9.17) is 11.6 Å². The van der Waals surface area contributed by atoms with Crippen LogP contribution in [0.3, 0.4) is 0 Å². The van der Waals surface area contributed by atoms with Crippen molar-refractivity contribution in [3.8, 4) is 0 Å². The normalized spacial score (nSPS) is 12.1. The van der Waals surface area contributed by atoms with E-state index in [9.17, 15) is 9.59 Å². The van der Waals surface area contributed by atoms with Crippen LogP contribution >= 0.6 is 23.4 Å². The highest BCUT2D eigenvalue weighted by Crippen LogP contribution is 2.19. The highest BCUT2D eigenvalue weighted by Gasteiger charge is 2.16. The van der Waals surface area contributed by atoms with Gasteiger partial charge in [0.2, 0.25) is 10.4 Å². The van der Waals surface area contributed by atoms with E-state index in [2.05, 4.69) is 0 Å². The zero-order valence-corrected chi connectivity index (χ0v) is 9.14. The van der Waals surface area contributed by atoms with Crippen molar-refractivity contribution in [1.82, 2.24) is 0 Å². The van der Waals surface area contributed by atoms with Crippen LogP contribution in [-0.4, -0.2) is 15.6 Å². The summed E-state index contributed by atoms with van der Waals surface area (Å²) in [4.78, 5) is 22.2. The van der Waals surface area contributed by atoms with E-state index in [0.29, 0.717) is 5.56 Å². The van der Waals surface area contributed by atoms with Gasteiger partial charge in [-0.3, -0.25) is 9.59 Å². The Labute approximate surface area is 91.6 Å². The van der Waals surface area contributed by atoms with Crippen LogP contribution in [0.15, 0.2) is 30.3 Å². The third-order valence-electron chi connectivity index (χ3n) is 1.61. The van der Waals surface area contributed by atoms with Gasteiger partial charge in [-0.2, -0.15) is 0 Å². The van der Waals surface area contributed by atoms with Crippen LogP contribution in [0.1, 0.15) is 17.3 Å². The van der Waals surface area contributed by atoms with E-state index in [-0.39, 0.29) is 5.12 Å². The summed E-state index contributed by atoms with van der Waals surface area (Å²) >= 11 is 6.19. The van der Waals surface area contributed by atoms with Crippen LogP contribution in [-0.2, 0) is 4.79 Å². The van der Waals surface area contributed by atoms with Crippen molar-refractivity contribution in [2.24, 2.45) is 0 Å². The molecule has 1 aromatic carbocycles. The summed E-state index contributed by atoms with van der Waals surface area (Å²) in [5.74, 6) is 0. The molecule has 0 spiro atoms. The van der Waals surface area contributed by atoms with Gasteiger partial charge in [0.15, 0.2) is 0 Å². The third-order valence-corrected chi connectivity index (χ3v) is 3.09. The Morgan fingerprint density at radius 3 is 2.36 bits per heavy atom. The Kier molecular flexibility index (Phi) is 4.17. The van der Waals surface area contributed by atoms with E-state index in [1.165, 1.54) is 0 Å². The van der Waals surface area contributed by atoms with Crippen LogP contribution < -0.4 is 0 Å². The molecule has 74 valence electrons. The van der Waals surface area contributed by atoms with Crippen LogP contribution in [0.4, 0.5) is 0 Å². The van der Waals surface area contributed by atoms with E-state index in [1.54, 1.807) is 31.2 Å². The van der Waals surface area contributed by atoms with Crippen molar-refractivity contribution in [3.05, 3.63) is 35.9 Å². The summed E-state index contributed by atoms with van der Waals surface area (Å²) < 4.78 is 0. The number of hydrogen-bond acceptors (Lipinski definition) is 3. The maximum Gasteiger partial charge on any atom is 0.234 e. The Bertz CT molecular complexity index is 337. The second-order valence-corrected chi connectivity index (χ2v) is 4.40. The molecule has 14 heavy (non-hydrogen) atoms. The quantitative estimate of drug-likeness (QED) is 0.746. The summed E-state index contributed by atoms with van der Waals surface area (Å²) in [5.41, 5.74) is 0.585. The molecule has 0 amide bonds. The largest absolute Gasteiger partial charge is 0.282 e. The topological polar surface area (TPSA) is 34.1 Å². The molecule has 1 atom stereocenters. The first-order valence-corrected chi connectivity index (χ1v) is 5.32. The lowest BCUT2D eigenvalue weighted by Gasteiger charge is -2.03. The van der Waals surface area contributed by atoms with Gasteiger partial charge in [-0.15, -0.1) is 0 Å². The van der Waals surface area contributed by atoms with Gasteiger partial charge in [0.25, 0.3) is 0 Å². The van der Waals surface area contributed by atoms with Crippen molar-refractivity contribution in [2.75, 3.05) is 0 Å². The maximum atomic E-state index is 11.5. The smallest absolute Gasteiger partial charge is 0.234 e. The predicted octanol–water partition coefficient (Wildman–Crippen LogP) is 2.71. The number of carbonyl (C=O) groups excluding carboxylic acids is 2. The number of rotatable bonds is 3. The van der Waals surface area contributed by atoms with Crippen LogP contribution in [0.5, 0.6) is 0 Å². The SMILES string of the molecule is CC(SC(=O)c1ccccc1)C(=O)Cl. The fourth-order valence-electron chi connectivity index (χ4n) is 0.849. The molecule has 4 heteroatoms. The molecular weight excluding hydrogens is 220 g/mol. The fourth-order valence-corrected chi connectivity index (χ4v) is 1.67. The second kappa shape index (κ2) is 5.17. The molecule has 0 aliphatic heterocycles. The molecule has 2 nitrogen and oxygen atoms in total. The van der Waals surface area contributed by atoms with Gasteiger partial charge in [-0.25, -0.2) is 0 Å². The average Bonchev–Trinajstić information content (AvgIpc) is 2.19. The third kappa shape index (κ3) is 3.16. The predicted molar refractivity (Wildman–Crippen MR) is 58.7 cm³/mol. The summed E-state index contributed by atoms with van der Waals surface area (Å²) in [6.45, 7) is 1.61. The summed E-state index contributed by atoms with van der Waals surface area (Å²) in [5, 5.41) is -1.13. The summed E-state index contributed by atoms with van der Waals surface area (Å²) in [7, 11) is 0. The van der Waals surface area contributed by atoms with Crippen molar-refractivity contribution in [3.63, 3.8) is 0 Å². The number of thioether (sulfide) groups is 1. The number of halogens is 1. The van der Waals surface area contributed by atoms with Crippen molar-refractivity contribution in [2.45, 2.75) is 12.2 Å². The molecule has 1 unspecified atom stereocenters. The van der Waals surface area contributed by atoms with E-state index >= 15 is 0 Å². The van der Waals surface area contributed by atoms with Gasteiger partial charge in [-0.1, -0.05) is 42.1 Å². The Morgan fingerprint density at radius 1 is 1.29 bits per heavy atom. The van der Waals surface area contributed by atoms with E-state index in [1.807, 2.05) is 6.07 Å². The molecule has 0 N–H and O–H groups in total. The number of carbonyl (C=O) groups is 2. The van der Waals surface area contributed by atoms with Crippen LogP contribution in [0, 0.1) is 0 Å². The highest BCUT2D eigenvalue weighted by molar-refractivity contribution is 8.15. The Hall–Kier alpha value is -0.800. The minimum absolute atomic E-state index is 0.132. The monoisotopic (exact) mass is 228 g/mol. The summed E-state index contributed by atoms with van der Waals surface area (Å²) in [6.07, 6.45) is 0. The van der Waals surface area contributed by atoms with Crippen molar-refractivity contribution >= 4 is 33.7 Å². The first kappa shape index (κ1) is 11.3. The maximum absolute atomic E-state index is 11.5. The Morgan fingerprint density at radius 2 is 1.86 bits per heavy atom. The average molecular weight is 229 g/mol. The Balaban J connectivity index is 2.64. The number of hydrogen-bond donors (Lipinski definition) is 0. The van der Waals surface area contributed by atoms with Gasteiger partial charge in [0.05, 0.1) is 5.25 Å². The van der Waals surface area contributed by atoms with E-state index in [0.717, 1.165) is 11.8 Å². The molecule has 0 heterocycles. The van der Waals surface area contributed by atoms with Gasteiger partial charge < -0.3 is 0 Å². The molecular formula is C10H9ClO2S. The lowest BCUT2D eigenvalue weighted by Crippen LogP contribution is -2.09. The molecule has 0 aromatic heterocycles. The van der Waals surface area contributed by atoms with Crippen LogP contribution in [0.2, 0.25) is 0 Å². The first-order chi connectivity index (χ1) is 6.61. The molecule has 0 fully saturated rings. The van der Waals surface area contributed by atoms with Crippen molar-refractivity contribution in [1.29, 1.82) is 0 Å². The van der Waals surface area contributed by atoms with E-state index < -0.39 is 10.5 Å². The highest BCUT2D eigenvalue weighted by atomic mass is 35.5. The number of benzene rings is 1. The molecule has 0 aliphatic rings.